The number of halogens is 1. The highest BCUT2D eigenvalue weighted by atomic mass is 35.5. The van der Waals surface area contributed by atoms with Crippen LogP contribution in [-0.4, -0.2) is 41.5 Å². The van der Waals surface area contributed by atoms with E-state index < -0.39 is 0 Å². The predicted octanol–water partition coefficient (Wildman–Crippen LogP) is 2.27. The minimum atomic E-state index is 0.105. The lowest BCUT2D eigenvalue weighted by Crippen LogP contribution is -2.40. The number of amides is 1. The third-order valence-corrected chi connectivity index (χ3v) is 4.26. The van der Waals surface area contributed by atoms with Gasteiger partial charge in [0.05, 0.1) is 5.02 Å². The molecule has 1 aliphatic carbocycles. The normalized spacial score (nSPS) is 20.5. The maximum Gasteiger partial charge on any atom is 0.270 e. The molecule has 104 valence electrons. The largest absolute Gasteiger partial charge is 0.356 e. The van der Waals surface area contributed by atoms with E-state index in [0.29, 0.717) is 22.7 Å². The molecule has 0 bridgehead atoms. The molecular weight excluding hydrogens is 262 g/mol. The zero-order chi connectivity index (χ0) is 13.2. The minimum Gasteiger partial charge on any atom is -0.356 e. The topological polar surface area (TPSA) is 48.1 Å². The lowest BCUT2D eigenvalue weighted by atomic mass is 9.97. The number of piperidine rings is 1. The molecule has 0 aromatic carbocycles. The number of carbonyl (C=O) groups excluding carboxylic acids is 1. The smallest absolute Gasteiger partial charge is 0.270 e. The minimum absolute atomic E-state index is 0.105. The quantitative estimate of drug-likeness (QED) is 0.889. The fourth-order valence-electron chi connectivity index (χ4n) is 2.77. The third-order valence-electron chi connectivity index (χ3n) is 4.04. The van der Waals surface area contributed by atoms with Crippen molar-refractivity contribution in [2.45, 2.75) is 31.7 Å². The first kappa shape index (κ1) is 13.0. The summed E-state index contributed by atoms with van der Waals surface area (Å²) in [5, 5.41) is 3.97. The van der Waals surface area contributed by atoms with Crippen LogP contribution in [0, 0.1) is 5.92 Å². The summed E-state index contributed by atoms with van der Waals surface area (Å²) in [6.07, 6.45) is 6.30. The number of rotatable bonds is 4. The van der Waals surface area contributed by atoms with Gasteiger partial charge in [-0.15, -0.1) is 0 Å². The van der Waals surface area contributed by atoms with Gasteiger partial charge in [0, 0.05) is 18.8 Å². The number of nitrogens with zero attached hydrogens (tertiary/aromatic N) is 1. The van der Waals surface area contributed by atoms with E-state index in [0.717, 1.165) is 32.5 Å². The van der Waals surface area contributed by atoms with Crippen molar-refractivity contribution < 1.29 is 4.79 Å². The Morgan fingerprint density at radius 2 is 2.05 bits per heavy atom. The molecule has 19 heavy (non-hydrogen) atoms. The van der Waals surface area contributed by atoms with Crippen molar-refractivity contribution in [2.75, 3.05) is 19.6 Å². The summed E-state index contributed by atoms with van der Waals surface area (Å²) in [6, 6.07) is 2.17. The number of hydrogen-bond donors (Lipinski definition) is 2. The van der Waals surface area contributed by atoms with Crippen molar-refractivity contribution in [3.63, 3.8) is 0 Å². The average molecular weight is 282 g/mol. The maximum atomic E-state index is 12.5. The molecule has 4 nitrogen and oxygen atoms in total. The summed E-state index contributed by atoms with van der Waals surface area (Å²) < 4.78 is 0. The Balaban J connectivity index is 1.68. The summed E-state index contributed by atoms with van der Waals surface area (Å²) in [6.45, 7) is 3.04. The standard InChI is InChI=1S/C14H20ClN3O/c15-11-7-13(17-8-11)14(19)18(12-1-2-12)9-10-3-5-16-6-4-10/h7-8,10,12,16-17H,1-6,9H2. The van der Waals surface area contributed by atoms with Gasteiger partial charge in [-0.05, 0) is 50.8 Å². The van der Waals surface area contributed by atoms with Gasteiger partial charge in [-0.1, -0.05) is 11.6 Å². The Morgan fingerprint density at radius 3 is 2.63 bits per heavy atom. The molecule has 1 amide bonds. The van der Waals surface area contributed by atoms with E-state index in [-0.39, 0.29) is 5.91 Å². The van der Waals surface area contributed by atoms with Crippen molar-refractivity contribution in [2.24, 2.45) is 5.92 Å². The Bertz CT molecular complexity index is 449. The van der Waals surface area contributed by atoms with E-state index in [1.807, 2.05) is 0 Å². The Labute approximate surface area is 118 Å². The van der Waals surface area contributed by atoms with Gasteiger partial charge >= 0.3 is 0 Å². The number of aromatic nitrogens is 1. The van der Waals surface area contributed by atoms with Crippen LogP contribution in [0.2, 0.25) is 5.02 Å². The fraction of sp³-hybridized carbons (Fsp3) is 0.643. The second-order valence-electron chi connectivity index (χ2n) is 5.61. The Hall–Kier alpha value is -1.00. The van der Waals surface area contributed by atoms with Gasteiger partial charge in [0.25, 0.3) is 5.91 Å². The van der Waals surface area contributed by atoms with Gasteiger partial charge in [0.15, 0.2) is 0 Å². The monoisotopic (exact) mass is 281 g/mol. The molecule has 2 heterocycles. The van der Waals surface area contributed by atoms with Crippen LogP contribution in [0.1, 0.15) is 36.2 Å². The van der Waals surface area contributed by atoms with Crippen LogP contribution in [-0.2, 0) is 0 Å². The van der Waals surface area contributed by atoms with Crippen molar-refractivity contribution in [3.8, 4) is 0 Å². The van der Waals surface area contributed by atoms with Crippen LogP contribution in [0.4, 0.5) is 0 Å². The first-order valence-electron chi connectivity index (χ1n) is 7.09. The molecular formula is C14H20ClN3O. The highest BCUT2D eigenvalue weighted by Gasteiger charge is 2.35. The van der Waals surface area contributed by atoms with Crippen molar-refractivity contribution in [3.05, 3.63) is 23.0 Å². The molecule has 1 aromatic rings. The fourth-order valence-corrected chi connectivity index (χ4v) is 2.94. The third kappa shape index (κ3) is 3.12. The number of carbonyl (C=O) groups is 1. The molecule has 2 fully saturated rings. The molecule has 2 N–H and O–H groups in total. The van der Waals surface area contributed by atoms with Crippen LogP contribution >= 0.6 is 11.6 Å². The number of H-pyrrole nitrogens is 1. The summed E-state index contributed by atoms with van der Waals surface area (Å²) in [5.41, 5.74) is 0.617. The summed E-state index contributed by atoms with van der Waals surface area (Å²) in [4.78, 5) is 17.6. The van der Waals surface area contributed by atoms with Crippen LogP contribution in [0.5, 0.6) is 0 Å². The highest BCUT2D eigenvalue weighted by molar-refractivity contribution is 6.30. The van der Waals surface area contributed by atoms with Gasteiger partial charge in [-0.3, -0.25) is 4.79 Å². The van der Waals surface area contributed by atoms with Gasteiger partial charge in [0.1, 0.15) is 5.69 Å². The molecule has 1 aliphatic heterocycles. The van der Waals surface area contributed by atoms with Crippen molar-refractivity contribution in [1.29, 1.82) is 0 Å². The molecule has 3 rings (SSSR count). The molecule has 1 saturated carbocycles. The molecule has 0 radical (unpaired) electrons. The summed E-state index contributed by atoms with van der Waals surface area (Å²) in [5.74, 6) is 0.740. The second-order valence-corrected chi connectivity index (χ2v) is 6.05. The number of nitrogens with one attached hydrogen (secondary N) is 2. The van der Waals surface area contributed by atoms with Crippen LogP contribution in [0.3, 0.4) is 0 Å². The first-order valence-corrected chi connectivity index (χ1v) is 7.47. The SMILES string of the molecule is O=C(c1cc(Cl)c[nH]1)N(CC1CCNCC1)C1CC1. The van der Waals surface area contributed by atoms with Gasteiger partial charge in [-0.25, -0.2) is 0 Å². The second kappa shape index (κ2) is 5.55. The van der Waals surface area contributed by atoms with E-state index in [1.165, 1.54) is 12.8 Å². The van der Waals surface area contributed by atoms with Crippen LogP contribution in [0.15, 0.2) is 12.3 Å². The molecule has 0 atom stereocenters. The summed E-state index contributed by atoms with van der Waals surface area (Å²) >= 11 is 5.89. The molecule has 1 aromatic heterocycles. The average Bonchev–Trinajstić information content (AvgIpc) is 3.18. The molecule has 0 spiro atoms. The van der Waals surface area contributed by atoms with E-state index in [9.17, 15) is 4.79 Å². The Morgan fingerprint density at radius 1 is 1.32 bits per heavy atom. The number of hydrogen-bond acceptors (Lipinski definition) is 2. The van der Waals surface area contributed by atoms with Gasteiger partial charge in [-0.2, -0.15) is 0 Å². The van der Waals surface area contributed by atoms with E-state index in [2.05, 4.69) is 15.2 Å². The Kier molecular flexibility index (Phi) is 3.80. The lowest BCUT2D eigenvalue weighted by molar-refractivity contribution is 0.0696. The van der Waals surface area contributed by atoms with Crippen LogP contribution < -0.4 is 5.32 Å². The lowest BCUT2D eigenvalue weighted by Gasteiger charge is -2.30. The molecule has 5 heteroatoms. The highest BCUT2D eigenvalue weighted by Crippen LogP contribution is 2.30. The van der Waals surface area contributed by atoms with Gasteiger partial charge < -0.3 is 15.2 Å². The van der Waals surface area contributed by atoms with E-state index in [1.54, 1.807) is 12.3 Å². The zero-order valence-corrected chi connectivity index (χ0v) is 11.7. The number of aromatic amines is 1. The van der Waals surface area contributed by atoms with E-state index >= 15 is 0 Å². The molecule has 2 aliphatic rings. The maximum absolute atomic E-state index is 12.5. The first-order chi connectivity index (χ1) is 9.24. The zero-order valence-electron chi connectivity index (χ0n) is 11.0. The van der Waals surface area contributed by atoms with Gasteiger partial charge in [0.2, 0.25) is 0 Å². The van der Waals surface area contributed by atoms with Crippen molar-refractivity contribution >= 4 is 17.5 Å². The van der Waals surface area contributed by atoms with Crippen LogP contribution in [0.25, 0.3) is 0 Å². The molecule has 0 unspecified atom stereocenters. The predicted molar refractivity (Wildman–Crippen MR) is 75.5 cm³/mol. The van der Waals surface area contributed by atoms with Crippen molar-refractivity contribution in [1.82, 2.24) is 15.2 Å². The summed E-state index contributed by atoms with van der Waals surface area (Å²) in [7, 11) is 0. The van der Waals surface area contributed by atoms with E-state index in [4.69, 9.17) is 11.6 Å². The molecule has 1 saturated heterocycles.